The molecule has 16 nitrogen and oxygen atoms in total. The molecule has 0 spiro atoms. The van der Waals surface area contributed by atoms with E-state index in [0.29, 0.717) is 19.3 Å². The minimum atomic E-state index is -4.93. The van der Waals surface area contributed by atoms with E-state index in [-0.39, 0.29) is 19.3 Å². The number of hydrogen-bond donors (Lipinski definition) is 4. The van der Waals surface area contributed by atoms with Gasteiger partial charge in [-0.25, -0.2) is 9.13 Å². The van der Waals surface area contributed by atoms with Gasteiger partial charge in [-0.3, -0.25) is 32.5 Å². The van der Waals surface area contributed by atoms with Crippen molar-refractivity contribution in [2.75, 3.05) is 39.6 Å². The molecule has 0 rings (SSSR count). The minimum absolute atomic E-state index is 0.106. The minimum Gasteiger partial charge on any atom is -0.463 e. The van der Waals surface area contributed by atoms with Gasteiger partial charge >= 0.3 is 33.6 Å². The van der Waals surface area contributed by atoms with Gasteiger partial charge in [0.2, 0.25) is 0 Å². The van der Waals surface area contributed by atoms with Gasteiger partial charge in [-0.15, -0.1) is 0 Å². The molecule has 616 valence electrons. The van der Waals surface area contributed by atoms with Crippen molar-refractivity contribution in [3.63, 3.8) is 0 Å². The molecule has 5 unspecified atom stereocenters. The van der Waals surface area contributed by atoms with Crippen LogP contribution in [0.5, 0.6) is 0 Å². The van der Waals surface area contributed by atoms with Crippen molar-refractivity contribution in [2.24, 2.45) is 0 Å². The summed E-state index contributed by atoms with van der Waals surface area (Å²) >= 11 is 0. The first kappa shape index (κ1) is 103. The molecular formula is C89H154O16P2. The van der Waals surface area contributed by atoms with Crippen LogP contribution in [0, 0.1) is 0 Å². The average molecular weight is 1540 g/mol. The molecule has 0 radical (unpaired) electrons. The molecule has 107 heavy (non-hydrogen) atoms. The highest BCUT2D eigenvalue weighted by atomic mass is 31.2. The lowest BCUT2D eigenvalue weighted by Gasteiger charge is -2.21. The Morgan fingerprint density at radius 2 is 0.495 bits per heavy atom. The third kappa shape index (κ3) is 82.5. The molecule has 0 amide bonds. The summed E-state index contributed by atoms with van der Waals surface area (Å²) in [5.74, 6) is -1.57. The maximum Gasteiger partial charge on any atom is 0.472 e. The Morgan fingerprint density at radius 1 is 0.271 bits per heavy atom. The lowest BCUT2D eigenvalue weighted by Crippen LogP contribution is -2.30. The van der Waals surface area contributed by atoms with E-state index < -0.39 is 91.5 Å². The van der Waals surface area contributed by atoms with Gasteiger partial charge in [-0.05, 0) is 116 Å². The van der Waals surface area contributed by atoms with Crippen molar-refractivity contribution in [1.29, 1.82) is 0 Å². The summed E-state index contributed by atoms with van der Waals surface area (Å²) in [7, 11) is -9.78. The largest absolute Gasteiger partial charge is 0.472 e. The molecule has 0 aromatic carbocycles. The van der Waals surface area contributed by atoms with Crippen LogP contribution in [-0.4, -0.2) is 95.9 Å². The number of esters is 3. The van der Waals surface area contributed by atoms with Gasteiger partial charge < -0.3 is 34.2 Å². The van der Waals surface area contributed by atoms with Crippen LogP contribution in [0.1, 0.15) is 355 Å². The van der Waals surface area contributed by atoms with Crippen molar-refractivity contribution in [3.05, 3.63) is 134 Å². The number of hydrogen-bond acceptors (Lipinski definition) is 14. The van der Waals surface area contributed by atoms with Crippen LogP contribution in [0.25, 0.3) is 0 Å². The summed E-state index contributed by atoms with van der Waals surface area (Å²) in [6.07, 6.45) is 99.5. The monoisotopic (exact) mass is 1540 g/mol. The van der Waals surface area contributed by atoms with Crippen molar-refractivity contribution < 1.29 is 75.8 Å². The first-order valence-corrected chi connectivity index (χ1v) is 45.5. The number of carbonyl (C=O) groups is 3. The molecule has 0 heterocycles. The van der Waals surface area contributed by atoms with Gasteiger partial charge in [0.05, 0.1) is 26.4 Å². The van der Waals surface area contributed by atoms with E-state index in [2.05, 4.69) is 154 Å². The summed E-state index contributed by atoms with van der Waals surface area (Å²) < 4.78 is 61.2. The number of allylic oxidation sites excluding steroid dienone is 22. The summed E-state index contributed by atoms with van der Waals surface area (Å²) in [6, 6.07) is 0. The Labute approximate surface area is 652 Å². The summed E-state index contributed by atoms with van der Waals surface area (Å²) in [5.41, 5.74) is 0. The summed E-state index contributed by atoms with van der Waals surface area (Å²) in [5, 5.41) is 20.7. The normalized spacial score (nSPS) is 14.6. The topological polar surface area (TPSA) is 231 Å². The van der Waals surface area contributed by atoms with E-state index in [9.17, 15) is 43.5 Å². The van der Waals surface area contributed by atoms with Crippen LogP contribution in [0.15, 0.2) is 134 Å². The zero-order valence-electron chi connectivity index (χ0n) is 67.5. The molecule has 5 atom stereocenters. The fraction of sp³-hybridized carbons (Fsp3) is 0.719. The van der Waals surface area contributed by atoms with Gasteiger partial charge in [0.25, 0.3) is 0 Å². The highest BCUT2D eigenvalue weighted by molar-refractivity contribution is 7.47. The quantitative estimate of drug-likeness (QED) is 0.0146. The van der Waals surface area contributed by atoms with Crippen LogP contribution in [-0.2, 0) is 55.8 Å². The number of rotatable bonds is 80. The molecule has 0 bridgehead atoms. The van der Waals surface area contributed by atoms with Gasteiger partial charge in [-0.2, -0.15) is 0 Å². The van der Waals surface area contributed by atoms with Crippen molar-refractivity contribution in [2.45, 2.75) is 373 Å². The number of aliphatic hydroxyl groups is 2. The Morgan fingerprint density at radius 3 is 0.785 bits per heavy atom. The molecular weight excluding hydrogens is 1390 g/mol. The third-order valence-electron chi connectivity index (χ3n) is 17.9. The lowest BCUT2D eigenvalue weighted by molar-refractivity contribution is -0.161. The SMILES string of the molecule is CC/C=C\C/C=C\C/C=C\C/C=C\C/C=C\C/C=C\CCCCCCCCCCCCCCCCC(=O)OCC(O)COP(=O)(O)OCC(O)COP(=O)(O)OCC(COC(=O)CCCCCCCCCCCCC/C=C\C/C=C\C/C=C\C/C=C\C/C=C\CC)OC(=O)CCCCCCCCCCCCC. The Kier molecular flexibility index (Phi) is 77.9. The molecule has 0 fully saturated rings. The van der Waals surface area contributed by atoms with E-state index >= 15 is 0 Å². The molecule has 0 aromatic rings. The maximum atomic E-state index is 12.9. The van der Waals surface area contributed by atoms with E-state index in [1.165, 1.54) is 141 Å². The molecule has 0 aliphatic carbocycles. The second kappa shape index (κ2) is 81.2. The highest BCUT2D eigenvalue weighted by Gasteiger charge is 2.29. The highest BCUT2D eigenvalue weighted by Crippen LogP contribution is 2.45. The smallest absolute Gasteiger partial charge is 0.463 e. The Bertz CT molecular complexity index is 2480. The van der Waals surface area contributed by atoms with Crippen LogP contribution in [0.4, 0.5) is 0 Å². The standard InChI is InChI=1S/C89H154O16P2/c1-4-7-10-13-16-19-22-24-26-28-30-32-34-36-38-39-40-41-42-43-45-47-48-50-52-54-56-58-61-63-66-69-72-75-87(92)99-78-84(90)79-101-106(95,96)102-80-85(91)81-103-107(97,98)104-83-86(105-89(94)77-74-71-68-65-60-21-18-15-12-9-6-3)82-100-88(93)76-73-70-67-64-62-59-57-55-53-51-49-46-44-37-35-33-31-29-27-25-23-20-17-14-11-8-5-2/h7-8,10-11,16-17,19-20,24-27,30-33,36-38,40-41,44,84-86,90-91H,4-6,9,12-15,18,21-23,28-29,34-35,39,42-43,45-83H2,1-3H3,(H,95,96)(H,97,98)/b10-7-,11-8-,19-16-,20-17-,26-24-,27-25-,32-30-,33-31-,38-36-,41-40-,44-37-. The first-order chi connectivity index (χ1) is 52.2. The fourth-order valence-corrected chi connectivity index (χ4v) is 13.1. The fourth-order valence-electron chi connectivity index (χ4n) is 11.5. The second-order valence-corrected chi connectivity index (χ2v) is 31.1. The summed E-state index contributed by atoms with van der Waals surface area (Å²) in [6.45, 7) is 2.48. The number of phosphoric acid groups is 2. The van der Waals surface area contributed by atoms with Crippen LogP contribution >= 0.6 is 15.6 Å². The average Bonchev–Trinajstić information content (AvgIpc) is 0.940. The van der Waals surface area contributed by atoms with E-state index in [4.69, 9.17) is 32.3 Å². The maximum absolute atomic E-state index is 12.9. The number of unbranched alkanes of at least 4 members (excludes halogenated alkanes) is 35. The number of aliphatic hydroxyl groups excluding tert-OH is 2. The third-order valence-corrected chi connectivity index (χ3v) is 19.8. The predicted octanol–water partition coefficient (Wildman–Crippen LogP) is 25.4. The van der Waals surface area contributed by atoms with Crippen LogP contribution < -0.4 is 0 Å². The Hall–Kier alpha value is -4.31. The van der Waals surface area contributed by atoms with Crippen molar-refractivity contribution in [1.82, 2.24) is 0 Å². The molecule has 0 aromatic heterocycles. The van der Waals surface area contributed by atoms with E-state index in [0.717, 1.165) is 154 Å². The number of ether oxygens (including phenoxy) is 3. The van der Waals surface area contributed by atoms with Crippen LogP contribution in [0.3, 0.4) is 0 Å². The second-order valence-electron chi connectivity index (χ2n) is 28.2. The molecule has 0 aliphatic heterocycles. The molecule has 0 aliphatic rings. The lowest BCUT2D eigenvalue weighted by atomic mass is 10.0. The van der Waals surface area contributed by atoms with Crippen molar-refractivity contribution in [3.8, 4) is 0 Å². The molecule has 0 saturated heterocycles. The predicted molar refractivity (Wildman–Crippen MR) is 445 cm³/mol. The van der Waals surface area contributed by atoms with E-state index in [1.807, 2.05) is 0 Å². The van der Waals surface area contributed by atoms with Gasteiger partial charge in [0.15, 0.2) is 6.10 Å². The van der Waals surface area contributed by atoms with Gasteiger partial charge in [-0.1, -0.05) is 353 Å². The van der Waals surface area contributed by atoms with Gasteiger partial charge in [0, 0.05) is 19.3 Å². The van der Waals surface area contributed by atoms with Crippen LogP contribution in [0.2, 0.25) is 0 Å². The molecule has 0 saturated carbocycles. The Balaban J connectivity index is 4.38. The molecule has 18 heteroatoms. The van der Waals surface area contributed by atoms with Crippen molar-refractivity contribution >= 4 is 33.6 Å². The first-order valence-electron chi connectivity index (χ1n) is 42.5. The zero-order chi connectivity index (χ0) is 78.0. The van der Waals surface area contributed by atoms with E-state index in [1.54, 1.807) is 0 Å². The number of carbonyl (C=O) groups excluding carboxylic acids is 3. The molecule has 4 N–H and O–H groups in total. The summed E-state index contributed by atoms with van der Waals surface area (Å²) in [4.78, 5) is 58.7. The number of phosphoric ester groups is 2. The zero-order valence-corrected chi connectivity index (χ0v) is 69.3. The van der Waals surface area contributed by atoms with Gasteiger partial charge in [0.1, 0.15) is 25.4 Å².